The summed E-state index contributed by atoms with van der Waals surface area (Å²) in [7, 11) is 1.73. The van der Waals surface area contributed by atoms with Gasteiger partial charge in [0.2, 0.25) is 0 Å². The largest absolute Gasteiger partial charge is 0.478 e. The monoisotopic (exact) mass is 285 g/mol. The van der Waals surface area contributed by atoms with Crippen LogP contribution in [0.25, 0.3) is 0 Å². The molecule has 0 aliphatic carbocycles. The molecule has 2 aromatic rings. The molecule has 1 aromatic heterocycles. The fourth-order valence-electron chi connectivity index (χ4n) is 2.61. The van der Waals surface area contributed by atoms with Crippen LogP contribution >= 0.6 is 0 Å². The number of carboxylic acids is 1. The van der Waals surface area contributed by atoms with Gasteiger partial charge in [0.15, 0.2) is 0 Å². The number of carbonyl (C=O) groups is 2. The Morgan fingerprint density at radius 1 is 1.24 bits per heavy atom. The Morgan fingerprint density at radius 3 is 2.71 bits per heavy atom. The molecule has 0 saturated carbocycles. The number of aromatic carboxylic acids is 1. The normalized spacial score (nSPS) is 13.9. The maximum Gasteiger partial charge on any atom is 0.335 e. The van der Waals surface area contributed by atoms with Gasteiger partial charge in [0.1, 0.15) is 5.69 Å². The van der Waals surface area contributed by atoms with E-state index in [1.54, 1.807) is 41.0 Å². The zero-order chi connectivity index (χ0) is 15.0. The van der Waals surface area contributed by atoms with Gasteiger partial charge >= 0.3 is 5.97 Å². The van der Waals surface area contributed by atoms with E-state index in [0.29, 0.717) is 18.8 Å². The van der Waals surface area contributed by atoms with Crippen LogP contribution in [0, 0.1) is 0 Å². The second-order valence-electron chi connectivity index (χ2n) is 5.11. The molecule has 0 atom stereocenters. The van der Waals surface area contributed by atoms with E-state index in [1.807, 2.05) is 6.07 Å². The summed E-state index contributed by atoms with van der Waals surface area (Å²) in [4.78, 5) is 25.2. The summed E-state index contributed by atoms with van der Waals surface area (Å²) in [5.41, 5.74) is 2.79. The minimum Gasteiger partial charge on any atom is -0.478 e. The van der Waals surface area contributed by atoms with E-state index in [-0.39, 0.29) is 11.5 Å². The van der Waals surface area contributed by atoms with E-state index < -0.39 is 5.97 Å². The molecule has 6 nitrogen and oxygen atoms in total. The highest BCUT2D eigenvalue weighted by atomic mass is 16.4. The minimum atomic E-state index is -0.951. The van der Waals surface area contributed by atoms with Crippen molar-refractivity contribution in [2.45, 2.75) is 13.0 Å². The summed E-state index contributed by atoms with van der Waals surface area (Å²) in [5.74, 6) is -1.03. The fourth-order valence-corrected chi connectivity index (χ4v) is 2.61. The smallest absolute Gasteiger partial charge is 0.335 e. The number of rotatable bonds is 2. The molecule has 6 heteroatoms. The molecule has 0 saturated heterocycles. The molecular formula is C15H15N3O3. The van der Waals surface area contributed by atoms with E-state index >= 15 is 0 Å². The summed E-state index contributed by atoms with van der Waals surface area (Å²) in [5, 5.41) is 13.1. The van der Waals surface area contributed by atoms with E-state index in [4.69, 9.17) is 5.11 Å². The molecule has 1 aliphatic rings. The number of hydrogen-bond donors (Lipinski definition) is 1. The maximum absolute atomic E-state index is 12.5. The molecule has 108 valence electrons. The van der Waals surface area contributed by atoms with Crippen LogP contribution in [-0.4, -0.2) is 38.2 Å². The second kappa shape index (κ2) is 5.05. The number of fused-ring (bicyclic) bond motifs is 1. The predicted octanol–water partition coefficient (Wildman–Crippen LogP) is 1.32. The first-order valence-electron chi connectivity index (χ1n) is 6.68. The third-order valence-electron chi connectivity index (χ3n) is 3.79. The number of carbonyl (C=O) groups excluding carboxylic acids is 1. The molecule has 1 amide bonds. The van der Waals surface area contributed by atoms with Crippen molar-refractivity contribution >= 4 is 11.9 Å². The lowest BCUT2D eigenvalue weighted by Crippen LogP contribution is -2.37. The first-order chi connectivity index (χ1) is 10.1. The van der Waals surface area contributed by atoms with E-state index in [0.717, 1.165) is 17.5 Å². The Hall–Kier alpha value is -2.63. The molecule has 0 spiro atoms. The Balaban J connectivity index is 1.87. The van der Waals surface area contributed by atoms with Crippen molar-refractivity contribution in [2.75, 3.05) is 6.54 Å². The van der Waals surface area contributed by atoms with Gasteiger partial charge < -0.3 is 10.0 Å². The summed E-state index contributed by atoms with van der Waals surface area (Å²) < 4.78 is 1.55. The first-order valence-corrected chi connectivity index (χ1v) is 6.68. The highest BCUT2D eigenvalue weighted by molar-refractivity contribution is 5.93. The van der Waals surface area contributed by atoms with Gasteiger partial charge in [0, 0.05) is 26.3 Å². The second-order valence-corrected chi connectivity index (χ2v) is 5.11. The lowest BCUT2D eigenvalue weighted by atomic mass is 9.97. The van der Waals surface area contributed by atoms with Gasteiger partial charge in [0.05, 0.1) is 5.56 Å². The van der Waals surface area contributed by atoms with Gasteiger partial charge in [-0.25, -0.2) is 4.79 Å². The number of nitrogens with zero attached hydrogens (tertiary/aromatic N) is 3. The van der Waals surface area contributed by atoms with Crippen LogP contribution in [-0.2, 0) is 20.0 Å². The number of benzene rings is 1. The Kier molecular flexibility index (Phi) is 3.21. The van der Waals surface area contributed by atoms with Crippen molar-refractivity contribution in [3.05, 3.63) is 52.8 Å². The van der Waals surface area contributed by atoms with E-state index in [2.05, 4.69) is 5.10 Å². The first kappa shape index (κ1) is 13.4. The molecule has 1 N–H and O–H groups in total. The molecular weight excluding hydrogens is 270 g/mol. The average molecular weight is 285 g/mol. The molecule has 0 fully saturated rings. The van der Waals surface area contributed by atoms with Crippen LogP contribution in [0.3, 0.4) is 0 Å². The van der Waals surface area contributed by atoms with Crippen LogP contribution in [0.4, 0.5) is 0 Å². The van der Waals surface area contributed by atoms with Crippen molar-refractivity contribution in [1.82, 2.24) is 14.7 Å². The third-order valence-corrected chi connectivity index (χ3v) is 3.79. The maximum atomic E-state index is 12.5. The van der Waals surface area contributed by atoms with E-state index in [1.165, 1.54) is 0 Å². The van der Waals surface area contributed by atoms with Gasteiger partial charge in [-0.15, -0.1) is 0 Å². The van der Waals surface area contributed by atoms with Crippen LogP contribution in [0.15, 0.2) is 30.5 Å². The lowest BCUT2D eigenvalue weighted by Gasteiger charge is -2.29. The Morgan fingerprint density at radius 2 is 2.05 bits per heavy atom. The van der Waals surface area contributed by atoms with Gasteiger partial charge in [0.25, 0.3) is 5.91 Å². The van der Waals surface area contributed by atoms with Crippen LogP contribution in [0.1, 0.15) is 32.0 Å². The standard InChI is InChI=1S/C15H15N3O3/c1-17-13(4-6-16-17)14(19)18-7-5-10-2-3-11(15(20)21)8-12(10)9-18/h2-4,6,8H,5,7,9H2,1H3,(H,20,21). The van der Waals surface area contributed by atoms with Crippen LogP contribution in [0.2, 0.25) is 0 Å². The molecule has 21 heavy (non-hydrogen) atoms. The Labute approximate surface area is 121 Å². The lowest BCUT2D eigenvalue weighted by molar-refractivity contribution is 0.0696. The van der Waals surface area contributed by atoms with Gasteiger partial charge in [-0.3, -0.25) is 9.48 Å². The SMILES string of the molecule is Cn1nccc1C(=O)N1CCc2ccc(C(=O)O)cc2C1. The molecule has 1 aromatic carbocycles. The van der Waals surface area contributed by atoms with Crippen molar-refractivity contribution in [1.29, 1.82) is 0 Å². The number of amides is 1. The predicted molar refractivity (Wildman–Crippen MR) is 75.1 cm³/mol. The summed E-state index contributed by atoms with van der Waals surface area (Å²) in [6, 6.07) is 6.79. The third kappa shape index (κ3) is 2.40. The highest BCUT2D eigenvalue weighted by Gasteiger charge is 2.24. The van der Waals surface area contributed by atoms with Crippen molar-refractivity contribution in [3.8, 4) is 0 Å². The summed E-state index contributed by atoms with van der Waals surface area (Å²) in [6.45, 7) is 1.06. The highest BCUT2D eigenvalue weighted by Crippen LogP contribution is 2.22. The van der Waals surface area contributed by atoms with E-state index in [9.17, 15) is 9.59 Å². The molecule has 0 radical (unpaired) electrons. The van der Waals surface area contributed by atoms with Crippen molar-refractivity contribution in [3.63, 3.8) is 0 Å². The zero-order valence-electron chi connectivity index (χ0n) is 11.6. The average Bonchev–Trinajstić information content (AvgIpc) is 2.91. The minimum absolute atomic E-state index is 0.0821. The van der Waals surface area contributed by atoms with Crippen molar-refractivity contribution < 1.29 is 14.7 Å². The molecule has 3 rings (SSSR count). The van der Waals surface area contributed by atoms with Gasteiger partial charge in [-0.2, -0.15) is 5.10 Å². The topological polar surface area (TPSA) is 75.4 Å². The number of aryl methyl sites for hydroxylation is 1. The van der Waals surface area contributed by atoms with Gasteiger partial charge in [-0.1, -0.05) is 6.07 Å². The fraction of sp³-hybridized carbons (Fsp3) is 0.267. The van der Waals surface area contributed by atoms with Gasteiger partial charge in [-0.05, 0) is 35.7 Å². The summed E-state index contributed by atoms with van der Waals surface area (Å²) >= 11 is 0. The number of carboxylic acid groups (broad SMARTS) is 1. The quantitative estimate of drug-likeness (QED) is 0.903. The molecule has 2 heterocycles. The summed E-state index contributed by atoms with van der Waals surface area (Å²) in [6.07, 6.45) is 2.33. The molecule has 0 bridgehead atoms. The zero-order valence-corrected chi connectivity index (χ0v) is 11.6. The van der Waals surface area contributed by atoms with Crippen LogP contribution < -0.4 is 0 Å². The molecule has 1 aliphatic heterocycles. The van der Waals surface area contributed by atoms with Crippen LogP contribution in [0.5, 0.6) is 0 Å². The molecule has 0 unspecified atom stereocenters. The number of aromatic nitrogens is 2. The Bertz CT molecular complexity index is 721. The van der Waals surface area contributed by atoms with Crippen molar-refractivity contribution in [2.24, 2.45) is 7.05 Å². The number of hydrogen-bond acceptors (Lipinski definition) is 3.